The lowest BCUT2D eigenvalue weighted by Crippen LogP contribution is -2.05. The van der Waals surface area contributed by atoms with Crippen molar-refractivity contribution in [1.82, 2.24) is 0 Å². The second-order valence-corrected chi connectivity index (χ2v) is 4.97. The molecule has 0 atom stereocenters. The van der Waals surface area contributed by atoms with Crippen LogP contribution in [0.15, 0.2) is 21.1 Å². The van der Waals surface area contributed by atoms with Crippen LogP contribution in [-0.2, 0) is 16.0 Å². The fourth-order valence-electron chi connectivity index (χ4n) is 1.28. The van der Waals surface area contributed by atoms with Crippen molar-refractivity contribution in [3.8, 4) is 5.75 Å². The summed E-state index contributed by atoms with van der Waals surface area (Å²) in [6.07, 6.45) is 0.729. The van der Waals surface area contributed by atoms with Gasteiger partial charge in [0.2, 0.25) is 0 Å². The van der Waals surface area contributed by atoms with Gasteiger partial charge >= 0.3 is 5.97 Å². The first-order valence-electron chi connectivity index (χ1n) is 4.87. The summed E-state index contributed by atoms with van der Waals surface area (Å²) in [6.45, 7) is 2.15. The smallest absolute Gasteiger partial charge is 0.306 e. The Bertz CT molecular complexity index is 391. The minimum Gasteiger partial charge on any atom is -0.506 e. The number of phenols is 1. The van der Waals surface area contributed by atoms with Crippen LogP contribution in [0.2, 0.25) is 0 Å². The molecule has 5 heteroatoms. The Morgan fingerprint density at radius 1 is 1.44 bits per heavy atom. The Hall–Kier alpha value is -0.550. The third-order valence-corrected chi connectivity index (χ3v) is 3.07. The molecule has 0 radical (unpaired) electrons. The number of hydrogen-bond donors (Lipinski definition) is 1. The Kier molecular flexibility index (Phi) is 5.28. The largest absolute Gasteiger partial charge is 0.506 e. The van der Waals surface area contributed by atoms with Gasteiger partial charge in [-0.15, -0.1) is 0 Å². The van der Waals surface area contributed by atoms with Gasteiger partial charge in [-0.3, -0.25) is 4.79 Å². The standard InChI is InChI=1S/C11H12Br2O3/c1-2-16-10(14)4-3-7-5-8(12)6-9(13)11(7)15/h5-6,15H,2-4H2,1H3. The van der Waals surface area contributed by atoms with E-state index in [1.807, 2.05) is 0 Å². The molecule has 0 aromatic heterocycles. The molecule has 0 fully saturated rings. The van der Waals surface area contributed by atoms with Crippen LogP contribution in [-0.4, -0.2) is 17.7 Å². The van der Waals surface area contributed by atoms with E-state index in [1.165, 1.54) is 0 Å². The van der Waals surface area contributed by atoms with Gasteiger partial charge in [0.1, 0.15) is 5.75 Å². The van der Waals surface area contributed by atoms with E-state index in [9.17, 15) is 9.90 Å². The zero-order valence-corrected chi connectivity index (χ0v) is 12.0. The fourth-order valence-corrected chi connectivity index (χ4v) is 2.59. The molecule has 0 saturated carbocycles. The average Bonchev–Trinajstić information content (AvgIpc) is 2.21. The zero-order chi connectivity index (χ0) is 12.1. The summed E-state index contributed by atoms with van der Waals surface area (Å²) in [5.74, 6) is -0.0782. The van der Waals surface area contributed by atoms with Gasteiger partial charge < -0.3 is 9.84 Å². The topological polar surface area (TPSA) is 46.5 Å². The lowest BCUT2D eigenvalue weighted by Gasteiger charge is -2.07. The molecule has 0 aliphatic heterocycles. The van der Waals surface area contributed by atoms with Crippen LogP contribution in [0.4, 0.5) is 0 Å². The van der Waals surface area contributed by atoms with Crippen molar-refractivity contribution in [3.05, 3.63) is 26.6 Å². The molecule has 88 valence electrons. The highest BCUT2D eigenvalue weighted by Crippen LogP contribution is 2.32. The first kappa shape index (κ1) is 13.5. The molecule has 16 heavy (non-hydrogen) atoms. The van der Waals surface area contributed by atoms with Crippen LogP contribution in [0.5, 0.6) is 5.75 Å². The molecule has 0 bridgehead atoms. The van der Waals surface area contributed by atoms with Crippen LogP contribution >= 0.6 is 31.9 Å². The Labute approximate surface area is 111 Å². The van der Waals surface area contributed by atoms with Crippen molar-refractivity contribution in [2.45, 2.75) is 19.8 Å². The predicted octanol–water partition coefficient (Wildman–Crippen LogP) is 3.41. The van der Waals surface area contributed by atoms with Gasteiger partial charge in [0, 0.05) is 10.9 Å². The number of benzene rings is 1. The zero-order valence-electron chi connectivity index (χ0n) is 8.80. The molecular weight excluding hydrogens is 340 g/mol. The summed E-state index contributed by atoms with van der Waals surface area (Å²) in [5.41, 5.74) is 0.717. The van der Waals surface area contributed by atoms with Gasteiger partial charge in [-0.1, -0.05) is 15.9 Å². The van der Waals surface area contributed by atoms with E-state index >= 15 is 0 Å². The van der Waals surface area contributed by atoms with E-state index in [0.717, 1.165) is 4.47 Å². The quantitative estimate of drug-likeness (QED) is 0.845. The van der Waals surface area contributed by atoms with E-state index < -0.39 is 0 Å². The summed E-state index contributed by atoms with van der Waals surface area (Å²) < 4.78 is 6.29. The normalized spacial score (nSPS) is 10.2. The first-order valence-corrected chi connectivity index (χ1v) is 6.45. The van der Waals surface area contributed by atoms with Gasteiger partial charge in [-0.2, -0.15) is 0 Å². The molecule has 0 heterocycles. The number of ether oxygens (including phenoxy) is 1. The maximum Gasteiger partial charge on any atom is 0.306 e. The van der Waals surface area contributed by atoms with Crippen LogP contribution in [0.3, 0.4) is 0 Å². The number of carbonyl (C=O) groups excluding carboxylic acids is 1. The van der Waals surface area contributed by atoms with E-state index in [1.54, 1.807) is 19.1 Å². The molecule has 0 amide bonds. The number of rotatable bonds is 4. The molecule has 1 N–H and O–H groups in total. The van der Waals surface area contributed by atoms with E-state index in [4.69, 9.17) is 4.74 Å². The van der Waals surface area contributed by atoms with Gasteiger partial charge in [0.25, 0.3) is 0 Å². The van der Waals surface area contributed by atoms with Crippen molar-refractivity contribution < 1.29 is 14.6 Å². The first-order chi connectivity index (χ1) is 7.54. The number of halogens is 2. The second kappa shape index (κ2) is 6.25. The Balaban J connectivity index is 2.70. The molecule has 1 aromatic rings. The average molecular weight is 352 g/mol. The maximum atomic E-state index is 11.2. The number of phenolic OH excluding ortho intramolecular Hbond substituents is 1. The van der Waals surface area contributed by atoms with Crippen LogP contribution in [0.25, 0.3) is 0 Å². The number of esters is 1. The van der Waals surface area contributed by atoms with Crippen molar-refractivity contribution in [2.24, 2.45) is 0 Å². The molecular formula is C11H12Br2O3. The van der Waals surface area contributed by atoms with Gasteiger partial charge in [-0.05, 0) is 47.0 Å². The SMILES string of the molecule is CCOC(=O)CCc1cc(Br)cc(Br)c1O. The molecule has 0 aliphatic rings. The lowest BCUT2D eigenvalue weighted by molar-refractivity contribution is -0.143. The molecule has 1 rings (SSSR count). The number of aryl methyl sites for hydroxylation is 1. The maximum absolute atomic E-state index is 11.2. The highest BCUT2D eigenvalue weighted by Gasteiger charge is 2.09. The van der Waals surface area contributed by atoms with E-state index in [2.05, 4.69) is 31.9 Å². The molecule has 3 nitrogen and oxygen atoms in total. The van der Waals surface area contributed by atoms with Crippen molar-refractivity contribution in [3.63, 3.8) is 0 Å². The van der Waals surface area contributed by atoms with Crippen LogP contribution < -0.4 is 0 Å². The van der Waals surface area contributed by atoms with Gasteiger partial charge in [0.15, 0.2) is 0 Å². The molecule has 0 spiro atoms. The van der Waals surface area contributed by atoms with Crippen molar-refractivity contribution in [2.75, 3.05) is 6.61 Å². The third kappa shape index (κ3) is 3.79. The Morgan fingerprint density at radius 2 is 2.12 bits per heavy atom. The molecule has 0 aliphatic carbocycles. The fraction of sp³-hybridized carbons (Fsp3) is 0.364. The molecule has 0 saturated heterocycles. The highest BCUT2D eigenvalue weighted by atomic mass is 79.9. The minimum absolute atomic E-state index is 0.174. The predicted molar refractivity (Wildman–Crippen MR) is 68.5 cm³/mol. The van der Waals surface area contributed by atoms with Crippen molar-refractivity contribution in [1.29, 1.82) is 0 Å². The summed E-state index contributed by atoms with van der Waals surface area (Å²) in [6, 6.07) is 3.54. The summed E-state index contributed by atoms with van der Waals surface area (Å²) in [4.78, 5) is 11.2. The van der Waals surface area contributed by atoms with E-state index in [0.29, 0.717) is 23.1 Å². The van der Waals surface area contributed by atoms with Crippen LogP contribution in [0.1, 0.15) is 18.9 Å². The van der Waals surface area contributed by atoms with Gasteiger partial charge in [-0.25, -0.2) is 0 Å². The highest BCUT2D eigenvalue weighted by molar-refractivity contribution is 9.11. The molecule has 0 unspecified atom stereocenters. The van der Waals surface area contributed by atoms with Gasteiger partial charge in [0.05, 0.1) is 11.1 Å². The number of carbonyl (C=O) groups is 1. The van der Waals surface area contributed by atoms with Crippen molar-refractivity contribution >= 4 is 37.8 Å². The monoisotopic (exact) mass is 350 g/mol. The molecule has 1 aromatic carbocycles. The Morgan fingerprint density at radius 3 is 2.75 bits per heavy atom. The number of hydrogen-bond acceptors (Lipinski definition) is 3. The van der Waals surface area contributed by atoms with E-state index in [-0.39, 0.29) is 18.1 Å². The third-order valence-electron chi connectivity index (χ3n) is 2.01. The summed E-state index contributed by atoms with van der Waals surface area (Å²) >= 11 is 6.57. The van der Waals surface area contributed by atoms with Crippen LogP contribution in [0, 0.1) is 0 Å². The minimum atomic E-state index is -0.252. The lowest BCUT2D eigenvalue weighted by atomic mass is 10.1. The summed E-state index contributed by atoms with van der Waals surface area (Å²) in [7, 11) is 0. The summed E-state index contributed by atoms with van der Waals surface area (Å²) in [5, 5.41) is 9.74. The number of aromatic hydroxyl groups is 1. The second-order valence-electron chi connectivity index (χ2n) is 3.20.